The van der Waals surface area contributed by atoms with E-state index in [1.54, 1.807) is 18.2 Å². The summed E-state index contributed by atoms with van der Waals surface area (Å²) < 4.78 is 26.6. The number of anilines is 4. The number of hydrogen-bond donors (Lipinski definition) is 2. The van der Waals surface area contributed by atoms with Crippen molar-refractivity contribution < 1.29 is 8.78 Å². The summed E-state index contributed by atoms with van der Waals surface area (Å²) in [5.74, 6) is -1.07. The highest BCUT2D eigenvalue weighted by Crippen LogP contribution is 2.27. The quantitative estimate of drug-likeness (QED) is 0.683. The summed E-state index contributed by atoms with van der Waals surface area (Å²) in [6.07, 6.45) is 1.37. The van der Waals surface area contributed by atoms with Crippen LogP contribution in [0, 0.1) is 11.6 Å². The number of rotatable bonds is 4. The molecule has 2 aromatic carbocycles. The molecule has 0 atom stereocenters. The molecule has 0 fully saturated rings. The molecule has 0 spiro atoms. The molecule has 0 unspecified atom stereocenters. The van der Waals surface area contributed by atoms with E-state index in [9.17, 15) is 8.78 Å². The number of hydrogen-bond acceptors (Lipinski definition) is 5. The van der Waals surface area contributed by atoms with Gasteiger partial charge in [-0.05, 0) is 30.3 Å². The van der Waals surface area contributed by atoms with Crippen LogP contribution in [0.2, 0.25) is 10.0 Å². The number of nitrogens with zero attached hydrogens (tertiary/aromatic N) is 3. The van der Waals surface area contributed by atoms with Crippen molar-refractivity contribution in [2.75, 3.05) is 10.6 Å². The predicted molar refractivity (Wildman–Crippen MR) is 89.2 cm³/mol. The summed E-state index contributed by atoms with van der Waals surface area (Å²) in [7, 11) is 0. The van der Waals surface area contributed by atoms with Crippen LogP contribution < -0.4 is 10.6 Å². The predicted octanol–water partition coefficient (Wildman–Crippen LogP) is 4.94. The van der Waals surface area contributed by atoms with Crippen molar-refractivity contribution in [1.82, 2.24) is 15.2 Å². The lowest BCUT2D eigenvalue weighted by Gasteiger charge is -2.09. The normalized spacial score (nSPS) is 10.5. The molecule has 0 amide bonds. The molecule has 0 aliphatic rings. The summed E-state index contributed by atoms with van der Waals surface area (Å²) in [6.45, 7) is 0. The zero-order valence-electron chi connectivity index (χ0n) is 11.9. The van der Waals surface area contributed by atoms with E-state index >= 15 is 0 Å². The Morgan fingerprint density at radius 2 is 1.71 bits per heavy atom. The molecule has 24 heavy (non-hydrogen) atoms. The second-order valence-corrected chi connectivity index (χ2v) is 5.51. The molecular weight excluding hydrogens is 359 g/mol. The summed E-state index contributed by atoms with van der Waals surface area (Å²) in [6, 6.07) is 8.04. The van der Waals surface area contributed by atoms with E-state index < -0.39 is 11.6 Å². The molecular formula is C15H9Cl2F2N5. The lowest BCUT2D eigenvalue weighted by atomic mass is 10.3. The second kappa shape index (κ2) is 6.94. The molecule has 0 aliphatic heterocycles. The van der Waals surface area contributed by atoms with Gasteiger partial charge in [0.05, 0.1) is 22.6 Å². The monoisotopic (exact) mass is 367 g/mol. The van der Waals surface area contributed by atoms with Crippen LogP contribution in [0.1, 0.15) is 0 Å². The van der Waals surface area contributed by atoms with Gasteiger partial charge >= 0.3 is 0 Å². The number of benzene rings is 2. The fourth-order valence-electron chi connectivity index (χ4n) is 1.86. The van der Waals surface area contributed by atoms with Gasteiger partial charge in [-0.25, -0.2) is 8.78 Å². The number of nitrogens with one attached hydrogen (secondary N) is 2. The lowest BCUT2D eigenvalue weighted by Crippen LogP contribution is -2.03. The summed E-state index contributed by atoms with van der Waals surface area (Å²) in [5, 5.41) is 14.0. The smallest absolute Gasteiger partial charge is 0.249 e. The largest absolute Gasteiger partial charge is 0.338 e. The van der Waals surface area contributed by atoms with Crippen molar-refractivity contribution in [2.45, 2.75) is 0 Å². The second-order valence-electron chi connectivity index (χ2n) is 4.66. The standard InChI is InChI=1S/C15H9Cl2F2N5/c16-8-1-3-12(10(17)5-8)21-14-7-20-24-15(23-14)22-13-4-2-9(18)6-11(13)19/h1-7H,(H2,21,22,23,24). The molecule has 0 saturated heterocycles. The highest BCUT2D eigenvalue weighted by Gasteiger charge is 2.08. The Bertz CT molecular complexity index is 823. The lowest BCUT2D eigenvalue weighted by molar-refractivity contribution is 0.586. The van der Waals surface area contributed by atoms with Crippen molar-refractivity contribution in [3.8, 4) is 0 Å². The van der Waals surface area contributed by atoms with Gasteiger partial charge in [-0.2, -0.15) is 10.1 Å². The SMILES string of the molecule is Fc1ccc(Nc2nncc(Nc3ccc(Cl)cc3Cl)n2)c(F)c1. The summed E-state index contributed by atoms with van der Waals surface area (Å²) in [5.41, 5.74) is 0.598. The van der Waals surface area contributed by atoms with Gasteiger partial charge in [0, 0.05) is 11.1 Å². The molecule has 0 radical (unpaired) electrons. The molecule has 1 aromatic heterocycles. The van der Waals surface area contributed by atoms with Gasteiger partial charge in [0.25, 0.3) is 0 Å². The van der Waals surface area contributed by atoms with E-state index in [-0.39, 0.29) is 11.6 Å². The van der Waals surface area contributed by atoms with Gasteiger partial charge in [0.2, 0.25) is 5.95 Å². The first kappa shape index (κ1) is 16.4. The number of halogens is 4. The van der Waals surface area contributed by atoms with Crippen LogP contribution in [-0.4, -0.2) is 15.2 Å². The highest BCUT2D eigenvalue weighted by atomic mass is 35.5. The van der Waals surface area contributed by atoms with Gasteiger partial charge < -0.3 is 10.6 Å². The minimum atomic E-state index is -0.766. The fourth-order valence-corrected chi connectivity index (χ4v) is 2.31. The molecule has 0 saturated carbocycles. The maximum atomic E-state index is 13.7. The number of aromatic nitrogens is 3. The van der Waals surface area contributed by atoms with E-state index in [2.05, 4.69) is 25.8 Å². The van der Waals surface area contributed by atoms with Gasteiger partial charge in [0.1, 0.15) is 11.6 Å². The molecule has 0 aliphatic carbocycles. The molecule has 3 aromatic rings. The third-order valence-electron chi connectivity index (χ3n) is 2.93. The molecule has 1 heterocycles. The first-order valence-corrected chi connectivity index (χ1v) is 7.41. The maximum Gasteiger partial charge on any atom is 0.249 e. The van der Waals surface area contributed by atoms with Crippen LogP contribution >= 0.6 is 23.2 Å². The minimum absolute atomic E-state index is 0.0277. The highest BCUT2D eigenvalue weighted by molar-refractivity contribution is 6.36. The Morgan fingerprint density at radius 1 is 0.917 bits per heavy atom. The van der Waals surface area contributed by atoms with Gasteiger partial charge in [-0.15, -0.1) is 5.10 Å². The Kier molecular flexibility index (Phi) is 4.73. The average molecular weight is 368 g/mol. The Hall–Kier alpha value is -2.51. The van der Waals surface area contributed by atoms with Crippen molar-refractivity contribution >= 4 is 46.3 Å². The Labute approximate surface area is 145 Å². The molecule has 2 N–H and O–H groups in total. The van der Waals surface area contributed by atoms with Crippen molar-refractivity contribution in [2.24, 2.45) is 0 Å². The van der Waals surface area contributed by atoms with E-state index in [1.807, 2.05) is 0 Å². The van der Waals surface area contributed by atoms with E-state index in [1.165, 1.54) is 12.3 Å². The van der Waals surface area contributed by atoms with E-state index in [0.29, 0.717) is 21.6 Å². The zero-order valence-corrected chi connectivity index (χ0v) is 13.4. The average Bonchev–Trinajstić information content (AvgIpc) is 2.53. The van der Waals surface area contributed by atoms with Crippen molar-refractivity contribution in [1.29, 1.82) is 0 Å². The van der Waals surface area contributed by atoms with Gasteiger partial charge in [-0.1, -0.05) is 23.2 Å². The van der Waals surface area contributed by atoms with Crippen LogP contribution in [0.4, 0.5) is 31.9 Å². The van der Waals surface area contributed by atoms with Crippen LogP contribution in [-0.2, 0) is 0 Å². The molecule has 5 nitrogen and oxygen atoms in total. The third kappa shape index (κ3) is 3.87. The van der Waals surface area contributed by atoms with Crippen molar-refractivity contribution in [3.05, 3.63) is 64.3 Å². The van der Waals surface area contributed by atoms with E-state index in [0.717, 1.165) is 12.1 Å². The van der Waals surface area contributed by atoms with Gasteiger partial charge in [0.15, 0.2) is 5.82 Å². The first-order valence-electron chi connectivity index (χ1n) is 6.65. The van der Waals surface area contributed by atoms with Crippen LogP contribution in [0.25, 0.3) is 0 Å². The molecule has 122 valence electrons. The summed E-state index contributed by atoms with van der Waals surface area (Å²) in [4.78, 5) is 4.14. The first-order chi connectivity index (χ1) is 11.5. The Balaban J connectivity index is 1.81. The van der Waals surface area contributed by atoms with Gasteiger partial charge in [-0.3, -0.25) is 0 Å². The van der Waals surface area contributed by atoms with Crippen molar-refractivity contribution in [3.63, 3.8) is 0 Å². The molecule has 0 bridgehead atoms. The summed E-state index contributed by atoms with van der Waals surface area (Å²) >= 11 is 11.9. The topological polar surface area (TPSA) is 62.7 Å². The van der Waals surface area contributed by atoms with Crippen LogP contribution in [0.3, 0.4) is 0 Å². The molecule has 9 heteroatoms. The maximum absolute atomic E-state index is 13.7. The fraction of sp³-hybridized carbons (Fsp3) is 0. The zero-order chi connectivity index (χ0) is 17.1. The Morgan fingerprint density at radius 3 is 2.46 bits per heavy atom. The van der Waals surface area contributed by atoms with Crippen LogP contribution in [0.5, 0.6) is 0 Å². The van der Waals surface area contributed by atoms with E-state index in [4.69, 9.17) is 23.2 Å². The minimum Gasteiger partial charge on any atom is -0.338 e. The molecule has 3 rings (SSSR count). The third-order valence-corrected chi connectivity index (χ3v) is 3.48. The van der Waals surface area contributed by atoms with Crippen LogP contribution in [0.15, 0.2) is 42.6 Å².